The second kappa shape index (κ2) is 4.44. The zero-order chi connectivity index (χ0) is 12.9. The van der Waals surface area contributed by atoms with Crippen molar-refractivity contribution in [3.63, 3.8) is 0 Å². The summed E-state index contributed by atoms with van der Waals surface area (Å²) in [5, 5.41) is 0. The van der Waals surface area contributed by atoms with Crippen molar-refractivity contribution in [1.82, 2.24) is 0 Å². The second-order valence-electron chi connectivity index (χ2n) is 5.95. The predicted octanol–water partition coefficient (Wildman–Crippen LogP) is 3.71. The number of hydrogen-bond acceptors (Lipinski definition) is 0. The summed E-state index contributed by atoms with van der Waals surface area (Å²) in [5.74, 6) is 0. The van der Waals surface area contributed by atoms with Crippen molar-refractivity contribution < 1.29 is 0 Å². The number of rotatable bonds is 0. The topological polar surface area (TPSA) is 0 Å². The van der Waals surface area contributed by atoms with E-state index in [4.69, 9.17) is 0 Å². The Labute approximate surface area is 130 Å². The predicted molar refractivity (Wildman–Crippen MR) is 81.1 cm³/mol. The fraction of sp³-hybridized carbons (Fsp3) is 0.333. The summed E-state index contributed by atoms with van der Waals surface area (Å²) in [6.07, 6.45) is 6.89. The Hall–Kier alpha value is -0.638. The average molecular weight is 441 g/mol. The average Bonchev–Trinajstić information content (AvgIpc) is 2.71. The molecule has 0 unspecified atom stereocenters. The molecule has 0 aromatic heterocycles. The van der Waals surface area contributed by atoms with Crippen molar-refractivity contribution in [1.29, 1.82) is 0 Å². The molecule has 0 aliphatic heterocycles. The molecule has 0 bridgehead atoms. The Morgan fingerprint density at radius 1 is 0.789 bits per heavy atom. The zero-order valence-electron chi connectivity index (χ0n) is 11.1. The van der Waals surface area contributed by atoms with Crippen LogP contribution in [0.4, 0.5) is 0 Å². The fourth-order valence-corrected chi connectivity index (χ4v) is 5.03. The third-order valence-electron chi connectivity index (χ3n) is 4.98. The van der Waals surface area contributed by atoms with E-state index in [0.29, 0.717) is 5.41 Å². The summed E-state index contributed by atoms with van der Waals surface area (Å²) in [6, 6.07) is 16.3. The number of fused-ring (bicyclic) bond motifs is 5. The van der Waals surface area contributed by atoms with E-state index >= 15 is 0 Å². The van der Waals surface area contributed by atoms with Gasteiger partial charge in [0, 0.05) is 0 Å². The summed E-state index contributed by atoms with van der Waals surface area (Å²) in [7, 11) is 0. The first-order valence-electron chi connectivity index (χ1n) is 7.27. The molecule has 0 N–H and O–H groups in total. The molecule has 3 radical (unpaired) electrons. The Bertz CT molecular complexity index is 636. The third-order valence-corrected chi connectivity index (χ3v) is 6.18. The van der Waals surface area contributed by atoms with E-state index in [0.717, 1.165) is 25.8 Å². The van der Waals surface area contributed by atoms with E-state index in [9.17, 15) is 0 Å². The molecule has 0 nitrogen and oxygen atoms in total. The zero-order valence-corrected chi connectivity index (χ0v) is 15.0. The Balaban J connectivity index is 2.03. The molecule has 1 saturated carbocycles. The molecule has 2 aliphatic carbocycles. The Morgan fingerprint density at radius 3 is 2.37 bits per heavy atom. The van der Waals surface area contributed by atoms with E-state index in [1.54, 1.807) is 11.1 Å². The van der Waals surface area contributed by atoms with E-state index in [2.05, 4.69) is 42.5 Å². The van der Waals surface area contributed by atoms with Crippen LogP contribution in [0.25, 0.3) is 11.1 Å². The summed E-state index contributed by atoms with van der Waals surface area (Å²) in [5.41, 5.74) is 6.61. The van der Waals surface area contributed by atoms with Crippen LogP contribution >= 0.6 is 0 Å². The van der Waals surface area contributed by atoms with Crippen molar-refractivity contribution in [2.45, 2.75) is 37.5 Å². The monoisotopic (exact) mass is 441 g/mol. The van der Waals surface area contributed by atoms with Gasteiger partial charge in [0.2, 0.25) is 0 Å². The second-order valence-corrected chi connectivity index (χ2v) is 8.19. The summed E-state index contributed by atoms with van der Waals surface area (Å²) in [6.45, 7) is 0. The molecule has 1 heteroatoms. The van der Waals surface area contributed by atoms with Crippen LogP contribution in [0.3, 0.4) is 0 Å². The minimum atomic E-state index is 0.352. The first-order valence-corrected chi connectivity index (χ1v) is 9.22. The van der Waals surface area contributed by atoms with Gasteiger partial charge in [-0.2, -0.15) is 0 Å². The maximum atomic E-state index is 2.51. The quantitative estimate of drug-likeness (QED) is 0.548. The van der Waals surface area contributed by atoms with E-state index in [1.807, 2.05) is 0 Å². The van der Waals surface area contributed by atoms with Crippen LogP contribution in [0, 0.1) is 0 Å². The van der Waals surface area contributed by atoms with Crippen LogP contribution in [0.1, 0.15) is 43.2 Å². The van der Waals surface area contributed by atoms with Crippen molar-refractivity contribution in [2.24, 2.45) is 0 Å². The van der Waals surface area contributed by atoms with Crippen LogP contribution in [0.2, 0.25) is 0 Å². The van der Waals surface area contributed by atoms with Crippen LogP contribution in [-0.4, -0.2) is 25.8 Å². The van der Waals surface area contributed by atoms with Gasteiger partial charge in [-0.25, -0.2) is 0 Å². The van der Waals surface area contributed by atoms with Crippen molar-refractivity contribution in [3.8, 4) is 11.1 Å². The minimum absolute atomic E-state index is 0.352. The molecule has 1 spiro atoms. The molecular formula is C18H17Pb. The van der Waals surface area contributed by atoms with E-state index in [-0.39, 0.29) is 0 Å². The fourth-order valence-electron chi connectivity index (χ4n) is 4.15. The molecule has 93 valence electrons. The summed E-state index contributed by atoms with van der Waals surface area (Å²) >= 11 is 1.16. The van der Waals surface area contributed by atoms with Crippen molar-refractivity contribution >= 4 is 28.9 Å². The Morgan fingerprint density at radius 2 is 1.53 bits per heavy atom. The molecule has 2 aliphatic rings. The molecule has 2 aromatic rings. The van der Waals surface area contributed by atoms with Gasteiger partial charge in [0.05, 0.1) is 0 Å². The molecule has 0 saturated heterocycles. The van der Waals surface area contributed by atoms with Gasteiger partial charge in [0.25, 0.3) is 0 Å². The first kappa shape index (κ1) is 12.1. The van der Waals surface area contributed by atoms with Gasteiger partial charge in [-0.05, 0) is 0 Å². The first-order chi connectivity index (χ1) is 9.31. The van der Waals surface area contributed by atoms with Gasteiger partial charge in [-0.1, -0.05) is 0 Å². The summed E-state index contributed by atoms with van der Waals surface area (Å²) in [4.78, 5) is 0. The van der Waals surface area contributed by atoms with E-state index in [1.165, 1.54) is 46.4 Å². The standard InChI is InChI=1S/C18H17.Pb/c1-6-12-18(13-7-1)16-10-4-2-8-14(16)15-9-3-5-11-17(15)18;/h2-4,8-11H,1,6-7,12-13H2;. The van der Waals surface area contributed by atoms with Gasteiger partial charge >= 0.3 is 131 Å². The van der Waals surface area contributed by atoms with Gasteiger partial charge in [0.1, 0.15) is 0 Å². The molecular weight excluding hydrogens is 423 g/mol. The van der Waals surface area contributed by atoms with Gasteiger partial charge < -0.3 is 0 Å². The maximum absolute atomic E-state index is 2.51. The molecule has 1 fully saturated rings. The van der Waals surface area contributed by atoms with Crippen LogP contribution in [-0.2, 0) is 5.41 Å². The molecule has 4 rings (SSSR count). The normalized spacial score (nSPS) is 19.2. The van der Waals surface area contributed by atoms with Crippen LogP contribution < -0.4 is 3.12 Å². The van der Waals surface area contributed by atoms with Crippen molar-refractivity contribution in [3.05, 3.63) is 53.6 Å². The van der Waals surface area contributed by atoms with Gasteiger partial charge in [-0.15, -0.1) is 0 Å². The van der Waals surface area contributed by atoms with Crippen molar-refractivity contribution in [2.75, 3.05) is 0 Å². The van der Waals surface area contributed by atoms with Gasteiger partial charge in [-0.3, -0.25) is 0 Å². The molecule has 0 heterocycles. The SMILES string of the molecule is [Pb][c]1ccc2c(c1)C1(CCCCC1)c1ccccc1-2. The number of hydrogen-bond donors (Lipinski definition) is 0. The molecule has 0 amide bonds. The summed E-state index contributed by atoms with van der Waals surface area (Å²) < 4.78 is 1.54. The van der Waals surface area contributed by atoms with E-state index < -0.39 is 0 Å². The van der Waals surface area contributed by atoms with Crippen LogP contribution in [0.15, 0.2) is 42.5 Å². The van der Waals surface area contributed by atoms with Gasteiger partial charge in [0.15, 0.2) is 0 Å². The molecule has 19 heavy (non-hydrogen) atoms. The number of benzene rings is 2. The molecule has 2 aromatic carbocycles. The Kier molecular flexibility index (Phi) is 2.83. The van der Waals surface area contributed by atoms with Crippen LogP contribution in [0.5, 0.6) is 0 Å². The molecule has 0 atom stereocenters. The third kappa shape index (κ3) is 1.68.